The van der Waals surface area contributed by atoms with Gasteiger partial charge in [0.15, 0.2) is 0 Å². The maximum Gasteiger partial charge on any atom is 0.297 e. The molecule has 0 aliphatic carbocycles. The zero-order chi connectivity index (χ0) is 14.8. The van der Waals surface area contributed by atoms with Crippen LogP contribution >= 0.6 is 0 Å². The van der Waals surface area contributed by atoms with Crippen LogP contribution in [0.25, 0.3) is 0 Å². The molecule has 7 heteroatoms. The summed E-state index contributed by atoms with van der Waals surface area (Å²) in [5.41, 5.74) is 0.359. The van der Waals surface area contributed by atoms with Gasteiger partial charge in [0.2, 0.25) is 5.09 Å². The second kappa shape index (κ2) is 5.64. The molecule has 0 saturated carbocycles. The van der Waals surface area contributed by atoms with Gasteiger partial charge < -0.3 is 9.73 Å². The lowest BCUT2D eigenvalue weighted by molar-refractivity contribution is 0.407. The van der Waals surface area contributed by atoms with Crippen LogP contribution in [-0.2, 0) is 16.6 Å². The van der Waals surface area contributed by atoms with E-state index in [0.717, 1.165) is 4.31 Å². The van der Waals surface area contributed by atoms with Crippen LogP contribution in [0.4, 0.5) is 10.1 Å². The third kappa shape index (κ3) is 2.83. The van der Waals surface area contributed by atoms with Crippen LogP contribution in [0.3, 0.4) is 0 Å². The lowest BCUT2D eigenvalue weighted by atomic mass is 10.3. The molecule has 0 amide bonds. The molecule has 1 heterocycles. The summed E-state index contributed by atoms with van der Waals surface area (Å²) in [5.74, 6) is 0.104. The highest BCUT2D eigenvalue weighted by Gasteiger charge is 2.25. The highest BCUT2D eigenvalue weighted by Crippen LogP contribution is 2.23. The average Bonchev–Trinajstić information content (AvgIpc) is 2.88. The van der Waals surface area contributed by atoms with Gasteiger partial charge in [-0.2, -0.15) is 8.42 Å². The summed E-state index contributed by atoms with van der Waals surface area (Å²) in [6.45, 7) is 0.440. The molecule has 0 radical (unpaired) electrons. The molecule has 1 aromatic heterocycles. The number of nitrogens with one attached hydrogen (secondary N) is 1. The molecule has 1 aromatic carbocycles. The van der Waals surface area contributed by atoms with Crippen LogP contribution in [0.15, 0.2) is 45.9 Å². The smallest absolute Gasteiger partial charge is 0.297 e. The highest BCUT2D eigenvalue weighted by atomic mass is 32.2. The van der Waals surface area contributed by atoms with E-state index >= 15 is 0 Å². The molecule has 0 spiro atoms. The van der Waals surface area contributed by atoms with Gasteiger partial charge in [0.25, 0.3) is 10.0 Å². The van der Waals surface area contributed by atoms with Gasteiger partial charge in [0, 0.05) is 7.05 Å². The minimum absolute atomic E-state index is 0.144. The van der Waals surface area contributed by atoms with Crippen molar-refractivity contribution < 1.29 is 17.2 Å². The van der Waals surface area contributed by atoms with Crippen LogP contribution < -0.4 is 9.62 Å². The first-order valence-electron chi connectivity index (χ1n) is 5.93. The van der Waals surface area contributed by atoms with E-state index in [0.29, 0.717) is 18.0 Å². The quantitative estimate of drug-likeness (QED) is 0.916. The molecule has 20 heavy (non-hydrogen) atoms. The molecule has 5 nitrogen and oxygen atoms in total. The molecule has 0 bridgehead atoms. The molecular weight excluding hydrogens is 283 g/mol. The van der Waals surface area contributed by atoms with Crippen molar-refractivity contribution >= 4 is 15.7 Å². The largest absolute Gasteiger partial charge is 0.446 e. The fourth-order valence-corrected chi connectivity index (χ4v) is 2.81. The van der Waals surface area contributed by atoms with Crippen LogP contribution in [0.5, 0.6) is 0 Å². The number of hydrogen-bond acceptors (Lipinski definition) is 4. The topological polar surface area (TPSA) is 62.6 Å². The van der Waals surface area contributed by atoms with Gasteiger partial charge in [-0.05, 0) is 43.4 Å². The number of hydrogen-bond donors (Lipinski definition) is 1. The maximum absolute atomic E-state index is 12.9. The number of nitrogens with zero attached hydrogens (tertiary/aromatic N) is 1. The molecule has 108 valence electrons. The zero-order valence-corrected chi connectivity index (χ0v) is 11.9. The first kappa shape index (κ1) is 14.5. The molecule has 0 saturated heterocycles. The lowest BCUT2D eigenvalue weighted by Gasteiger charge is -2.17. The summed E-state index contributed by atoms with van der Waals surface area (Å²) in [7, 11) is -0.657. The first-order chi connectivity index (χ1) is 9.45. The van der Waals surface area contributed by atoms with Gasteiger partial charge in [-0.25, -0.2) is 4.39 Å². The Kier molecular flexibility index (Phi) is 4.10. The molecule has 0 aliphatic rings. The van der Waals surface area contributed by atoms with Crippen molar-refractivity contribution in [2.45, 2.75) is 11.6 Å². The van der Waals surface area contributed by atoms with Crippen LogP contribution in [-0.4, -0.2) is 22.5 Å². The molecule has 0 atom stereocenters. The first-order valence-corrected chi connectivity index (χ1v) is 7.37. The third-order valence-electron chi connectivity index (χ3n) is 2.79. The third-order valence-corrected chi connectivity index (χ3v) is 4.45. The summed E-state index contributed by atoms with van der Waals surface area (Å²) >= 11 is 0. The molecule has 2 aromatic rings. The fraction of sp³-hybridized carbons (Fsp3) is 0.231. The second-order valence-corrected chi connectivity index (χ2v) is 6.10. The van der Waals surface area contributed by atoms with Crippen molar-refractivity contribution in [3.05, 3.63) is 48.0 Å². The monoisotopic (exact) mass is 298 g/mol. The van der Waals surface area contributed by atoms with Gasteiger partial charge in [-0.15, -0.1) is 0 Å². The Balaban J connectivity index is 2.30. The summed E-state index contributed by atoms with van der Waals surface area (Å²) in [4.78, 5) is 0. The van der Waals surface area contributed by atoms with Crippen molar-refractivity contribution in [3.63, 3.8) is 0 Å². The van der Waals surface area contributed by atoms with Crippen molar-refractivity contribution in [3.8, 4) is 0 Å². The summed E-state index contributed by atoms with van der Waals surface area (Å²) in [5, 5.41) is 2.73. The minimum Gasteiger partial charge on any atom is -0.446 e. The molecule has 2 rings (SSSR count). The minimum atomic E-state index is -3.79. The Hall–Kier alpha value is -1.86. The van der Waals surface area contributed by atoms with Gasteiger partial charge in [-0.1, -0.05) is 0 Å². The maximum atomic E-state index is 12.9. The molecule has 0 fully saturated rings. The van der Waals surface area contributed by atoms with E-state index < -0.39 is 15.8 Å². The Morgan fingerprint density at radius 1 is 1.20 bits per heavy atom. The predicted molar refractivity (Wildman–Crippen MR) is 73.5 cm³/mol. The number of benzene rings is 1. The van der Waals surface area contributed by atoms with Crippen LogP contribution in [0, 0.1) is 5.82 Å². The molecule has 0 aliphatic heterocycles. The number of rotatable bonds is 5. The van der Waals surface area contributed by atoms with Crippen molar-refractivity contribution in [1.29, 1.82) is 0 Å². The summed E-state index contributed by atoms with van der Waals surface area (Å²) in [6.07, 6.45) is 0. The van der Waals surface area contributed by atoms with Crippen LogP contribution in [0.2, 0.25) is 0 Å². The van der Waals surface area contributed by atoms with E-state index in [1.807, 2.05) is 0 Å². The Bertz CT molecular complexity index is 680. The number of halogens is 1. The van der Waals surface area contributed by atoms with Crippen molar-refractivity contribution in [2.24, 2.45) is 0 Å². The fourth-order valence-electron chi connectivity index (χ4n) is 1.69. The van der Waals surface area contributed by atoms with Gasteiger partial charge >= 0.3 is 0 Å². The standard InChI is InChI=1S/C13H15FN2O3S/c1-15-9-12-7-8-13(19-12)20(17,18)16(2)11-5-3-10(14)4-6-11/h3-8,15H,9H2,1-2H3. The Morgan fingerprint density at radius 3 is 2.45 bits per heavy atom. The van der Waals surface area contributed by atoms with Crippen LogP contribution in [0.1, 0.15) is 5.76 Å². The highest BCUT2D eigenvalue weighted by molar-refractivity contribution is 7.92. The van der Waals surface area contributed by atoms with E-state index in [9.17, 15) is 12.8 Å². The Labute approximate surface area is 117 Å². The van der Waals surface area contributed by atoms with E-state index in [-0.39, 0.29) is 5.09 Å². The van der Waals surface area contributed by atoms with Gasteiger partial charge in [0.1, 0.15) is 11.6 Å². The predicted octanol–water partition coefficient (Wildman–Crippen LogP) is 1.96. The van der Waals surface area contributed by atoms with E-state index in [1.54, 1.807) is 13.1 Å². The zero-order valence-electron chi connectivity index (χ0n) is 11.1. The molecule has 1 N–H and O–H groups in total. The van der Waals surface area contributed by atoms with Gasteiger partial charge in [-0.3, -0.25) is 4.31 Å². The van der Waals surface area contributed by atoms with E-state index in [2.05, 4.69) is 5.32 Å². The molecule has 0 unspecified atom stereocenters. The number of sulfonamides is 1. The molecular formula is C13H15FN2O3S. The normalized spacial score (nSPS) is 11.6. The average molecular weight is 298 g/mol. The summed E-state index contributed by atoms with van der Waals surface area (Å²) in [6, 6.07) is 8.20. The lowest BCUT2D eigenvalue weighted by Crippen LogP contribution is -2.26. The summed E-state index contributed by atoms with van der Waals surface area (Å²) < 4.78 is 43.9. The second-order valence-electron chi connectivity index (χ2n) is 4.20. The van der Waals surface area contributed by atoms with Crippen molar-refractivity contribution in [1.82, 2.24) is 5.32 Å². The van der Waals surface area contributed by atoms with Gasteiger partial charge in [0.05, 0.1) is 12.2 Å². The number of anilines is 1. The Morgan fingerprint density at radius 2 is 1.85 bits per heavy atom. The SMILES string of the molecule is CNCc1ccc(S(=O)(=O)N(C)c2ccc(F)cc2)o1. The number of furan rings is 1. The van der Waals surface area contributed by atoms with E-state index in [4.69, 9.17) is 4.42 Å². The van der Waals surface area contributed by atoms with E-state index in [1.165, 1.54) is 37.4 Å². The van der Waals surface area contributed by atoms with Crippen molar-refractivity contribution in [2.75, 3.05) is 18.4 Å².